The van der Waals surface area contributed by atoms with E-state index in [0.29, 0.717) is 19.8 Å². The number of H-pyrrole nitrogens is 1. The van der Waals surface area contributed by atoms with Gasteiger partial charge in [0.05, 0.1) is 12.8 Å². The lowest BCUT2D eigenvalue weighted by molar-refractivity contribution is -0.707. The first-order valence-electron chi connectivity index (χ1n) is 11.1. The van der Waals surface area contributed by atoms with E-state index in [1.54, 1.807) is 0 Å². The number of aromatic nitrogens is 4. The summed E-state index contributed by atoms with van der Waals surface area (Å²) in [6.07, 6.45) is 4.08. The molecule has 2 fully saturated rings. The summed E-state index contributed by atoms with van der Waals surface area (Å²) in [5, 5.41) is 12.2. The summed E-state index contributed by atoms with van der Waals surface area (Å²) in [6, 6.07) is 18.4. The normalized spacial score (nSPS) is 24.8. The zero-order chi connectivity index (χ0) is 21.3. The lowest BCUT2D eigenvalue weighted by Crippen LogP contribution is -2.91. The van der Waals surface area contributed by atoms with Gasteiger partial charge in [-0.2, -0.15) is 0 Å². The van der Waals surface area contributed by atoms with Crippen molar-refractivity contribution in [3.8, 4) is 5.75 Å². The molecule has 8 nitrogen and oxygen atoms in total. The largest absolute Gasteiger partial charge is 0.487 e. The van der Waals surface area contributed by atoms with Crippen LogP contribution in [0.4, 0.5) is 0 Å². The highest BCUT2D eigenvalue weighted by atomic mass is 16.6. The molecule has 164 valence electrons. The molecule has 4 heterocycles. The van der Waals surface area contributed by atoms with E-state index in [4.69, 9.17) is 14.2 Å². The Hall–Kier alpha value is -3.20. The number of para-hydroxylation sites is 2. The van der Waals surface area contributed by atoms with Crippen LogP contribution >= 0.6 is 0 Å². The van der Waals surface area contributed by atoms with Gasteiger partial charge in [-0.25, -0.2) is 4.68 Å². The molecule has 3 N–H and O–H groups in total. The molecule has 0 radical (unpaired) electrons. The minimum absolute atomic E-state index is 0.0104. The minimum atomic E-state index is -0.0104. The van der Waals surface area contributed by atoms with Gasteiger partial charge in [-0.15, -0.1) is 5.10 Å². The highest BCUT2D eigenvalue weighted by Crippen LogP contribution is 2.33. The van der Waals surface area contributed by atoms with Crippen LogP contribution in [0.25, 0.3) is 10.9 Å². The fraction of sp³-hybridized carbons (Fsp3) is 0.333. The smallest absolute Gasteiger partial charge is 0.140 e. The molecule has 0 spiro atoms. The maximum Gasteiger partial charge on any atom is 0.140 e. The topological polar surface area (TPSA) is 90.8 Å². The Balaban J connectivity index is 1.07. The number of benzene rings is 2. The number of fused-ring (bicyclic) bond motifs is 2. The number of rotatable bonds is 7. The molecule has 32 heavy (non-hydrogen) atoms. The molecule has 2 aliphatic rings. The summed E-state index contributed by atoms with van der Waals surface area (Å²) in [7, 11) is 0. The van der Waals surface area contributed by atoms with E-state index in [-0.39, 0.29) is 24.3 Å². The molecule has 2 aromatic heterocycles. The second-order valence-electron chi connectivity index (χ2n) is 8.42. The number of nitrogens with two attached hydrogens (primary N) is 1. The number of aromatic amines is 1. The predicted molar refractivity (Wildman–Crippen MR) is 117 cm³/mol. The summed E-state index contributed by atoms with van der Waals surface area (Å²) in [6.45, 7) is 2.52. The van der Waals surface area contributed by atoms with Crippen molar-refractivity contribution in [2.24, 2.45) is 0 Å². The first-order valence-corrected chi connectivity index (χ1v) is 11.1. The number of quaternary nitrogens is 1. The fourth-order valence-electron chi connectivity index (χ4n) is 4.73. The number of hydrogen-bond donors (Lipinski definition) is 2. The van der Waals surface area contributed by atoms with Crippen molar-refractivity contribution in [3.05, 3.63) is 78.2 Å². The molecule has 2 saturated heterocycles. The van der Waals surface area contributed by atoms with Crippen LogP contribution in [0.2, 0.25) is 0 Å². The molecule has 8 heteroatoms. The molecule has 0 unspecified atom stereocenters. The first kappa shape index (κ1) is 19.5. The van der Waals surface area contributed by atoms with Gasteiger partial charge >= 0.3 is 0 Å². The lowest BCUT2D eigenvalue weighted by Gasteiger charge is -2.15. The lowest BCUT2D eigenvalue weighted by atomic mass is 10.1. The van der Waals surface area contributed by atoms with Crippen LogP contribution in [0.15, 0.2) is 67.0 Å². The van der Waals surface area contributed by atoms with Crippen molar-refractivity contribution < 1.29 is 19.5 Å². The van der Waals surface area contributed by atoms with Gasteiger partial charge in [-0.05, 0) is 18.2 Å². The molecule has 4 atom stereocenters. The molecule has 0 amide bonds. The Morgan fingerprint density at radius 2 is 1.88 bits per heavy atom. The third kappa shape index (κ3) is 3.66. The summed E-state index contributed by atoms with van der Waals surface area (Å²) in [4.78, 5) is 3.35. The monoisotopic (exact) mass is 432 g/mol. The van der Waals surface area contributed by atoms with E-state index in [2.05, 4.69) is 51.1 Å². The second-order valence-corrected chi connectivity index (χ2v) is 8.42. The van der Waals surface area contributed by atoms with Crippen LogP contribution in [-0.4, -0.2) is 51.4 Å². The minimum Gasteiger partial charge on any atom is -0.487 e. The number of ether oxygens (including phenoxy) is 3. The summed E-state index contributed by atoms with van der Waals surface area (Å²) in [5.74, 6) is 0.819. The molecular formula is C24H26N5O3+. The summed E-state index contributed by atoms with van der Waals surface area (Å²) < 4.78 is 20.0. The van der Waals surface area contributed by atoms with Crippen LogP contribution in [0.3, 0.4) is 0 Å². The standard InChI is InChI=1S/C24H25N5O3/c1-2-6-18(7-3-1)30-13-17-12-29(28-27-17)22-15-32-23-21(14-31-24(22)23)26-11-16-10-25-20-9-5-4-8-19(16)20/h1-10,12,21-26H,11,13-15H2/p+1/t21-,22-,23+,24+/m0/s1. The van der Waals surface area contributed by atoms with Crippen LogP contribution in [-0.2, 0) is 22.6 Å². The molecule has 0 bridgehead atoms. The van der Waals surface area contributed by atoms with Crippen LogP contribution < -0.4 is 10.1 Å². The number of hydrogen-bond acceptors (Lipinski definition) is 5. The second kappa shape index (κ2) is 8.38. The highest BCUT2D eigenvalue weighted by molar-refractivity contribution is 5.82. The van der Waals surface area contributed by atoms with Crippen molar-refractivity contribution in [1.82, 2.24) is 20.0 Å². The van der Waals surface area contributed by atoms with Gasteiger partial charge in [-0.3, -0.25) is 0 Å². The molecule has 2 aromatic carbocycles. The SMILES string of the molecule is c1ccc(OCc2cn([C@H]3CO[C@H]4[C@@H]3OC[C@@H]4[NH2+]Cc3c[nH]c4ccccc34)nn2)cc1. The Kier molecular flexibility index (Phi) is 5.10. The van der Waals surface area contributed by atoms with E-state index >= 15 is 0 Å². The average Bonchev–Trinajstić information content (AvgIpc) is 3.61. The molecular weight excluding hydrogens is 406 g/mol. The Morgan fingerprint density at radius 1 is 1.03 bits per heavy atom. The molecule has 2 aliphatic heterocycles. The van der Waals surface area contributed by atoms with Crippen LogP contribution in [0.5, 0.6) is 5.75 Å². The van der Waals surface area contributed by atoms with E-state index < -0.39 is 0 Å². The Bertz CT molecular complexity index is 1190. The van der Waals surface area contributed by atoms with E-state index in [1.807, 2.05) is 41.2 Å². The molecule has 6 rings (SSSR count). The zero-order valence-corrected chi connectivity index (χ0v) is 17.6. The van der Waals surface area contributed by atoms with Gasteiger partial charge in [0, 0.05) is 22.7 Å². The van der Waals surface area contributed by atoms with Crippen molar-refractivity contribution >= 4 is 10.9 Å². The third-order valence-electron chi connectivity index (χ3n) is 6.41. The van der Waals surface area contributed by atoms with Gasteiger partial charge in [0.15, 0.2) is 0 Å². The highest BCUT2D eigenvalue weighted by Gasteiger charge is 2.50. The van der Waals surface area contributed by atoms with Crippen LogP contribution in [0.1, 0.15) is 17.3 Å². The van der Waals surface area contributed by atoms with E-state index in [1.165, 1.54) is 16.5 Å². The van der Waals surface area contributed by atoms with Crippen LogP contribution in [0, 0.1) is 0 Å². The van der Waals surface area contributed by atoms with E-state index in [9.17, 15) is 0 Å². The third-order valence-corrected chi connectivity index (χ3v) is 6.41. The first-order chi connectivity index (χ1) is 15.8. The van der Waals surface area contributed by atoms with Crippen molar-refractivity contribution in [1.29, 1.82) is 0 Å². The summed E-state index contributed by atoms with van der Waals surface area (Å²) in [5.41, 5.74) is 3.27. The average molecular weight is 433 g/mol. The summed E-state index contributed by atoms with van der Waals surface area (Å²) >= 11 is 0. The van der Waals surface area contributed by atoms with Crippen molar-refractivity contribution in [2.45, 2.75) is 37.4 Å². The number of nitrogens with one attached hydrogen (secondary N) is 1. The zero-order valence-electron chi connectivity index (χ0n) is 17.6. The number of nitrogens with zero attached hydrogens (tertiary/aromatic N) is 3. The maximum absolute atomic E-state index is 6.17. The van der Waals surface area contributed by atoms with Gasteiger partial charge in [-0.1, -0.05) is 41.6 Å². The predicted octanol–water partition coefficient (Wildman–Crippen LogP) is 1.81. The molecule has 4 aromatic rings. The van der Waals surface area contributed by atoms with Gasteiger partial charge in [0.1, 0.15) is 55.5 Å². The van der Waals surface area contributed by atoms with Crippen molar-refractivity contribution in [2.75, 3.05) is 13.2 Å². The van der Waals surface area contributed by atoms with Gasteiger partial charge in [0.25, 0.3) is 0 Å². The van der Waals surface area contributed by atoms with Gasteiger partial charge in [0.2, 0.25) is 0 Å². The van der Waals surface area contributed by atoms with Crippen molar-refractivity contribution in [3.63, 3.8) is 0 Å². The Labute approximate surface area is 185 Å². The quantitative estimate of drug-likeness (QED) is 0.465. The molecule has 0 aliphatic carbocycles. The molecule has 0 saturated carbocycles. The van der Waals surface area contributed by atoms with E-state index in [0.717, 1.165) is 18.0 Å². The fourth-order valence-corrected chi connectivity index (χ4v) is 4.73. The maximum atomic E-state index is 6.17. The Morgan fingerprint density at radius 3 is 2.81 bits per heavy atom. The van der Waals surface area contributed by atoms with Gasteiger partial charge < -0.3 is 24.5 Å².